The van der Waals surface area contributed by atoms with Crippen molar-refractivity contribution in [1.82, 2.24) is 10.1 Å². The number of carbonyl (C=O) groups is 1. The standard InChI is InChI=1S/C25H29N3O3/c1-18(29)26-21-11-7-19(8-12-21)17-28-15-5-3-4-6-24(28)23-16-25(31-27-23)20-9-13-22(30-2)14-10-20/h7-14,16,24H,3-6,15,17H2,1-2H3,(H,26,29)/t24-/m0/s1. The van der Waals surface area contributed by atoms with Crippen LogP contribution < -0.4 is 10.1 Å². The molecule has 0 bridgehead atoms. The number of anilines is 1. The van der Waals surface area contributed by atoms with E-state index in [0.717, 1.165) is 48.0 Å². The normalized spacial score (nSPS) is 17.2. The van der Waals surface area contributed by atoms with E-state index < -0.39 is 0 Å². The van der Waals surface area contributed by atoms with E-state index in [9.17, 15) is 4.79 Å². The van der Waals surface area contributed by atoms with Gasteiger partial charge in [0.05, 0.1) is 13.2 Å². The average molecular weight is 420 g/mol. The van der Waals surface area contributed by atoms with Crippen LogP contribution >= 0.6 is 0 Å². The number of methoxy groups -OCH3 is 1. The van der Waals surface area contributed by atoms with E-state index in [0.29, 0.717) is 0 Å². The number of amides is 1. The third-order valence-corrected chi connectivity index (χ3v) is 5.77. The van der Waals surface area contributed by atoms with Gasteiger partial charge in [0, 0.05) is 30.8 Å². The maximum absolute atomic E-state index is 11.2. The molecule has 4 rings (SSSR count). The van der Waals surface area contributed by atoms with Crippen LogP contribution in [-0.4, -0.2) is 29.6 Å². The van der Waals surface area contributed by atoms with Crippen molar-refractivity contribution in [1.29, 1.82) is 0 Å². The molecule has 6 nitrogen and oxygen atoms in total. The average Bonchev–Trinajstić information content (AvgIpc) is 3.15. The van der Waals surface area contributed by atoms with Crippen LogP contribution in [-0.2, 0) is 11.3 Å². The molecule has 0 spiro atoms. The number of nitrogens with one attached hydrogen (secondary N) is 1. The van der Waals surface area contributed by atoms with Gasteiger partial charge < -0.3 is 14.6 Å². The molecule has 1 fully saturated rings. The van der Waals surface area contributed by atoms with E-state index >= 15 is 0 Å². The Labute approximate surface area is 183 Å². The molecular formula is C25H29N3O3. The molecule has 3 aromatic rings. The topological polar surface area (TPSA) is 67.6 Å². The van der Waals surface area contributed by atoms with Gasteiger partial charge >= 0.3 is 0 Å². The molecule has 1 amide bonds. The van der Waals surface area contributed by atoms with Crippen LogP contribution in [0.5, 0.6) is 5.75 Å². The van der Waals surface area contributed by atoms with Gasteiger partial charge in [0.2, 0.25) is 5.91 Å². The number of hydrogen-bond donors (Lipinski definition) is 1. The van der Waals surface area contributed by atoms with E-state index in [1.54, 1.807) is 7.11 Å². The zero-order chi connectivity index (χ0) is 21.6. The Hall–Kier alpha value is -3.12. The van der Waals surface area contributed by atoms with Crippen molar-refractivity contribution in [2.75, 3.05) is 19.0 Å². The first-order chi connectivity index (χ1) is 15.1. The van der Waals surface area contributed by atoms with Gasteiger partial charge in [0.1, 0.15) is 11.4 Å². The molecule has 0 aliphatic carbocycles. The van der Waals surface area contributed by atoms with Gasteiger partial charge in [-0.25, -0.2) is 0 Å². The van der Waals surface area contributed by atoms with Crippen LogP contribution in [0, 0.1) is 0 Å². The third-order valence-electron chi connectivity index (χ3n) is 5.77. The van der Waals surface area contributed by atoms with Crippen molar-refractivity contribution in [3.8, 4) is 17.1 Å². The molecule has 1 aromatic heterocycles. The number of nitrogens with zero attached hydrogens (tertiary/aromatic N) is 2. The lowest BCUT2D eigenvalue weighted by molar-refractivity contribution is -0.114. The predicted octanol–water partition coefficient (Wildman–Crippen LogP) is 5.43. The van der Waals surface area contributed by atoms with Crippen molar-refractivity contribution in [2.45, 2.75) is 45.2 Å². The van der Waals surface area contributed by atoms with E-state index in [2.05, 4.69) is 33.6 Å². The largest absolute Gasteiger partial charge is 0.497 e. The van der Waals surface area contributed by atoms with Crippen molar-refractivity contribution >= 4 is 11.6 Å². The van der Waals surface area contributed by atoms with Crippen LogP contribution in [0.3, 0.4) is 0 Å². The molecule has 1 atom stereocenters. The van der Waals surface area contributed by atoms with Gasteiger partial charge in [-0.1, -0.05) is 30.1 Å². The molecule has 2 aromatic carbocycles. The second-order valence-corrected chi connectivity index (χ2v) is 8.06. The Bertz CT molecular complexity index is 996. The summed E-state index contributed by atoms with van der Waals surface area (Å²) in [4.78, 5) is 13.7. The van der Waals surface area contributed by atoms with Crippen LogP contribution in [0.4, 0.5) is 5.69 Å². The SMILES string of the molecule is COc1ccc(-c2cc([C@@H]3CCCCCN3Cc3ccc(NC(C)=O)cc3)no2)cc1. The first-order valence-corrected chi connectivity index (χ1v) is 10.8. The van der Waals surface area contributed by atoms with E-state index in [4.69, 9.17) is 9.26 Å². The minimum atomic E-state index is -0.0565. The predicted molar refractivity (Wildman–Crippen MR) is 121 cm³/mol. The molecule has 1 saturated heterocycles. The summed E-state index contributed by atoms with van der Waals surface area (Å²) in [7, 11) is 1.66. The lowest BCUT2D eigenvalue weighted by Gasteiger charge is -2.28. The second kappa shape index (κ2) is 9.79. The lowest BCUT2D eigenvalue weighted by atomic mass is 10.0. The monoisotopic (exact) mass is 419 g/mol. The number of aromatic nitrogens is 1. The van der Waals surface area contributed by atoms with Crippen molar-refractivity contribution in [3.63, 3.8) is 0 Å². The Morgan fingerprint density at radius 2 is 1.90 bits per heavy atom. The Kier molecular flexibility index (Phi) is 6.67. The number of rotatable bonds is 6. The van der Waals surface area contributed by atoms with Gasteiger partial charge in [-0.2, -0.15) is 0 Å². The van der Waals surface area contributed by atoms with Crippen molar-refractivity contribution in [3.05, 3.63) is 65.9 Å². The molecule has 1 N–H and O–H groups in total. The summed E-state index contributed by atoms with van der Waals surface area (Å²) < 4.78 is 11.0. The van der Waals surface area contributed by atoms with Gasteiger partial charge in [0.15, 0.2) is 5.76 Å². The Balaban J connectivity index is 1.51. The maximum atomic E-state index is 11.2. The summed E-state index contributed by atoms with van der Waals surface area (Å²) in [6.07, 6.45) is 4.67. The minimum Gasteiger partial charge on any atom is -0.497 e. The zero-order valence-corrected chi connectivity index (χ0v) is 18.1. The molecule has 0 radical (unpaired) electrons. The van der Waals surface area contributed by atoms with Gasteiger partial charge in [-0.05, 0) is 61.3 Å². The number of hydrogen-bond acceptors (Lipinski definition) is 5. The molecule has 0 unspecified atom stereocenters. The molecule has 31 heavy (non-hydrogen) atoms. The summed E-state index contributed by atoms with van der Waals surface area (Å²) in [5.74, 6) is 1.54. The number of carbonyl (C=O) groups excluding carboxylic acids is 1. The fourth-order valence-corrected chi connectivity index (χ4v) is 4.16. The minimum absolute atomic E-state index is 0.0565. The second-order valence-electron chi connectivity index (χ2n) is 8.06. The molecular weight excluding hydrogens is 390 g/mol. The highest BCUT2D eigenvalue weighted by Gasteiger charge is 2.26. The molecule has 6 heteroatoms. The third kappa shape index (κ3) is 5.33. The highest BCUT2D eigenvalue weighted by atomic mass is 16.5. The molecule has 2 heterocycles. The summed E-state index contributed by atoms with van der Waals surface area (Å²) in [6.45, 7) is 3.40. The van der Waals surface area contributed by atoms with Crippen LogP contribution in [0.15, 0.2) is 59.1 Å². The van der Waals surface area contributed by atoms with Crippen LogP contribution in [0.1, 0.15) is 49.9 Å². The maximum Gasteiger partial charge on any atom is 0.221 e. The zero-order valence-electron chi connectivity index (χ0n) is 18.1. The Morgan fingerprint density at radius 1 is 1.13 bits per heavy atom. The molecule has 0 saturated carbocycles. The van der Waals surface area contributed by atoms with Crippen molar-refractivity contribution in [2.24, 2.45) is 0 Å². The lowest BCUT2D eigenvalue weighted by Crippen LogP contribution is -2.28. The molecule has 1 aliphatic heterocycles. The summed E-state index contributed by atoms with van der Waals surface area (Å²) >= 11 is 0. The quantitative estimate of drug-likeness (QED) is 0.577. The van der Waals surface area contributed by atoms with E-state index in [1.165, 1.54) is 31.7 Å². The summed E-state index contributed by atoms with van der Waals surface area (Å²) in [6, 6.07) is 18.2. The van der Waals surface area contributed by atoms with Gasteiger partial charge in [0.25, 0.3) is 0 Å². The van der Waals surface area contributed by atoms with Crippen LogP contribution in [0.25, 0.3) is 11.3 Å². The highest BCUT2D eigenvalue weighted by Crippen LogP contribution is 2.33. The van der Waals surface area contributed by atoms with E-state index in [1.807, 2.05) is 36.4 Å². The van der Waals surface area contributed by atoms with Gasteiger partial charge in [-0.3, -0.25) is 9.69 Å². The first-order valence-electron chi connectivity index (χ1n) is 10.8. The summed E-state index contributed by atoms with van der Waals surface area (Å²) in [5.41, 5.74) is 4.03. The fraction of sp³-hybridized carbons (Fsp3) is 0.360. The van der Waals surface area contributed by atoms with E-state index in [-0.39, 0.29) is 11.9 Å². The van der Waals surface area contributed by atoms with Gasteiger partial charge in [-0.15, -0.1) is 0 Å². The summed E-state index contributed by atoms with van der Waals surface area (Å²) in [5, 5.41) is 7.27. The molecule has 162 valence electrons. The smallest absolute Gasteiger partial charge is 0.221 e. The Morgan fingerprint density at radius 3 is 2.61 bits per heavy atom. The number of benzene rings is 2. The first kappa shape index (κ1) is 21.1. The number of likely N-dealkylation sites (tertiary alicyclic amines) is 1. The highest BCUT2D eigenvalue weighted by molar-refractivity contribution is 5.88. The molecule has 1 aliphatic rings. The fourth-order valence-electron chi connectivity index (χ4n) is 4.16. The van der Waals surface area contributed by atoms with Crippen molar-refractivity contribution < 1.29 is 14.1 Å². The number of ether oxygens (including phenoxy) is 1. The van der Waals surface area contributed by atoms with Crippen LogP contribution in [0.2, 0.25) is 0 Å².